The third-order valence-electron chi connectivity index (χ3n) is 2.38. The summed E-state index contributed by atoms with van der Waals surface area (Å²) in [7, 11) is 0. The Morgan fingerprint density at radius 2 is 2.11 bits per heavy atom. The van der Waals surface area contributed by atoms with Gasteiger partial charge in [-0.2, -0.15) is 11.3 Å². The molecule has 0 radical (unpaired) electrons. The highest BCUT2D eigenvalue weighted by Gasteiger charge is 2.06. The number of rotatable bonds is 6. The van der Waals surface area contributed by atoms with Crippen LogP contribution < -0.4 is 9.47 Å². The van der Waals surface area contributed by atoms with Crippen molar-refractivity contribution in [1.82, 2.24) is 0 Å². The maximum absolute atomic E-state index is 10.7. The molecule has 1 aromatic carbocycles. The maximum Gasteiger partial charge on any atom is 0.161 e. The SMILES string of the molecule is CCOc1cc(C=O)ccc1OCc1ccsc1. The van der Waals surface area contributed by atoms with Gasteiger partial charge in [0, 0.05) is 5.56 Å². The van der Waals surface area contributed by atoms with E-state index in [0.717, 1.165) is 11.8 Å². The van der Waals surface area contributed by atoms with Crippen molar-refractivity contribution in [2.24, 2.45) is 0 Å². The normalized spacial score (nSPS) is 10.1. The van der Waals surface area contributed by atoms with Crippen molar-refractivity contribution in [2.45, 2.75) is 13.5 Å². The standard InChI is InChI=1S/C14H14O3S/c1-2-16-14-7-11(8-15)3-4-13(14)17-9-12-5-6-18-10-12/h3-8,10H,2,9H2,1H3. The van der Waals surface area contributed by atoms with Gasteiger partial charge in [-0.25, -0.2) is 0 Å². The minimum Gasteiger partial charge on any atom is -0.490 e. The van der Waals surface area contributed by atoms with E-state index in [1.54, 1.807) is 29.5 Å². The van der Waals surface area contributed by atoms with Crippen LogP contribution in [0.1, 0.15) is 22.8 Å². The molecular formula is C14H14O3S. The van der Waals surface area contributed by atoms with Gasteiger partial charge in [-0.3, -0.25) is 4.79 Å². The van der Waals surface area contributed by atoms with Gasteiger partial charge in [0.05, 0.1) is 6.61 Å². The summed E-state index contributed by atoms with van der Waals surface area (Å²) in [4.78, 5) is 10.7. The molecule has 0 unspecified atom stereocenters. The van der Waals surface area contributed by atoms with E-state index in [0.29, 0.717) is 30.3 Å². The van der Waals surface area contributed by atoms with Crippen molar-refractivity contribution in [3.8, 4) is 11.5 Å². The monoisotopic (exact) mass is 262 g/mol. The molecule has 0 saturated heterocycles. The molecule has 0 aliphatic rings. The number of hydrogen-bond donors (Lipinski definition) is 0. The average Bonchev–Trinajstić information content (AvgIpc) is 2.90. The van der Waals surface area contributed by atoms with Crippen molar-refractivity contribution in [3.63, 3.8) is 0 Å². The Morgan fingerprint density at radius 3 is 2.78 bits per heavy atom. The Balaban J connectivity index is 2.12. The number of benzene rings is 1. The summed E-state index contributed by atoms with van der Waals surface area (Å²) in [5.74, 6) is 1.27. The molecule has 0 aliphatic heterocycles. The summed E-state index contributed by atoms with van der Waals surface area (Å²) < 4.78 is 11.2. The van der Waals surface area contributed by atoms with E-state index >= 15 is 0 Å². The summed E-state index contributed by atoms with van der Waals surface area (Å²) in [6.45, 7) is 2.94. The van der Waals surface area contributed by atoms with Gasteiger partial charge in [0.25, 0.3) is 0 Å². The second-order valence-electron chi connectivity index (χ2n) is 3.68. The lowest BCUT2D eigenvalue weighted by molar-refractivity contribution is 0.112. The minimum absolute atomic E-state index is 0.504. The first-order valence-corrected chi connectivity index (χ1v) is 6.63. The van der Waals surface area contributed by atoms with Crippen LogP contribution in [0.25, 0.3) is 0 Å². The summed E-state index contributed by atoms with van der Waals surface area (Å²) in [5.41, 5.74) is 1.71. The Kier molecular flexibility index (Phi) is 4.36. The Labute approximate surface area is 110 Å². The van der Waals surface area contributed by atoms with Gasteiger partial charge in [-0.1, -0.05) is 0 Å². The molecule has 0 spiro atoms. The highest BCUT2D eigenvalue weighted by atomic mass is 32.1. The van der Waals surface area contributed by atoms with Gasteiger partial charge in [-0.05, 0) is 47.5 Å². The molecule has 94 valence electrons. The number of aldehydes is 1. The topological polar surface area (TPSA) is 35.5 Å². The highest BCUT2D eigenvalue weighted by molar-refractivity contribution is 7.07. The van der Waals surface area contributed by atoms with Crippen molar-refractivity contribution in [1.29, 1.82) is 0 Å². The summed E-state index contributed by atoms with van der Waals surface area (Å²) in [6, 6.07) is 7.20. The fourth-order valence-corrected chi connectivity index (χ4v) is 2.17. The Hall–Kier alpha value is -1.81. The zero-order valence-corrected chi connectivity index (χ0v) is 10.9. The van der Waals surface area contributed by atoms with Crippen LogP contribution in [0.3, 0.4) is 0 Å². The number of carbonyl (C=O) groups is 1. The molecule has 4 heteroatoms. The molecule has 0 amide bonds. The third kappa shape index (κ3) is 3.11. The van der Waals surface area contributed by atoms with Crippen molar-refractivity contribution in [2.75, 3.05) is 6.61 Å². The van der Waals surface area contributed by atoms with Crippen LogP contribution in [-0.2, 0) is 6.61 Å². The van der Waals surface area contributed by atoms with Crippen LogP contribution in [0.15, 0.2) is 35.0 Å². The van der Waals surface area contributed by atoms with Gasteiger partial charge in [0.2, 0.25) is 0 Å². The van der Waals surface area contributed by atoms with E-state index in [-0.39, 0.29) is 0 Å². The van der Waals surface area contributed by atoms with Gasteiger partial charge >= 0.3 is 0 Å². The molecule has 1 heterocycles. The Bertz CT molecular complexity index is 506. The van der Waals surface area contributed by atoms with Crippen LogP contribution >= 0.6 is 11.3 Å². The van der Waals surface area contributed by atoms with E-state index in [1.165, 1.54) is 0 Å². The first-order valence-electron chi connectivity index (χ1n) is 5.69. The second kappa shape index (κ2) is 6.21. The van der Waals surface area contributed by atoms with E-state index in [1.807, 2.05) is 23.8 Å². The highest BCUT2D eigenvalue weighted by Crippen LogP contribution is 2.29. The summed E-state index contributed by atoms with van der Waals surface area (Å²) >= 11 is 1.64. The van der Waals surface area contributed by atoms with Crippen molar-refractivity contribution >= 4 is 17.6 Å². The molecular weight excluding hydrogens is 248 g/mol. The Morgan fingerprint density at radius 1 is 1.22 bits per heavy atom. The maximum atomic E-state index is 10.7. The van der Waals surface area contributed by atoms with E-state index in [9.17, 15) is 4.79 Å². The van der Waals surface area contributed by atoms with Crippen LogP contribution in [0.4, 0.5) is 0 Å². The molecule has 0 aliphatic carbocycles. The van der Waals surface area contributed by atoms with Crippen LogP contribution in [0.5, 0.6) is 11.5 Å². The molecule has 0 bridgehead atoms. The zero-order valence-electron chi connectivity index (χ0n) is 10.1. The average molecular weight is 262 g/mol. The van der Waals surface area contributed by atoms with Gasteiger partial charge in [0.1, 0.15) is 12.9 Å². The third-order valence-corrected chi connectivity index (χ3v) is 3.11. The smallest absolute Gasteiger partial charge is 0.161 e. The lowest BCUT2D eigenvalue weighted by atomic mass is 10.2. The van der Waals surface area contributed by atoms with E-state index < -0.39 is 0 Å². The summed E-state index contributed by atoms with van der Waals surface area (Å²) in [5, 5.41) is 4.05. The zero-order chi connectivity index (χ0) is 12.8. The van der Waals surface area contributed by atoms with Gasteiger partial charge < -0.3 is 9.47 Å². The first kappa shape index (κ1) is 12.6. The molecule has 2 rings (SSSR count). The predicted octanol–water partition coefficient (Wildman–Crippen LogP) is 3.54. The summed E-state index contributed by atoms with van der Waals surface area (Å²) in [6.07, 6.45) is 0.797. The fraction of sp³-hybridized carbons (Fsp3) is 0.214. The number of ether oxygens (including phenoxy) is 2. The number of hydrogen-bond acceptors (Lipinski definition) is 4. The number of carbonyl (C=O) groups excluding carboxylic acids is 1. The molecule has 0 N–H and O–H groups in total. The van der Waals surface area contributed by atoms with E-state index in [4.69, 9.17) is 9.47 Å². The first-order chi connectivity index (χ1) is 8.83. The molecule has 1 aromatic heterocycles. The quantitative estimate of drug-likeness (QED) is 0.747. The lowest BCUT2D eigenvalue weighted by Crippen LogP contribution is -1.99. The van der Waals surface area contributed by atoms with Crippen LogP contribution in [-0.4, -0.2) is 12.9 Å². The predicted molar refractivity (Wildman–Crippen MR) is 71.6 cm³/mol. The lowest BCUT2D eigenvalue weighted by Gasteiger charge is -2.11. The number of thiophene rings is 1. The van der Waals surface area contributed by atoms with Gasteiger partial charge in [0.15, 0.2) is 11.5 Å². The van der Waals surface area contributed by atoms with Crippen LogP contribution in [0.2, 0.25) is 0 Å². The van der Waals surface area contributed by atoms with Gasteiger partial charge in [-0.15, -0.1) is 0 Å². The molecule has 3 nitrogen and oxygen atoms in total. The molecule has 0 fully saturated rings. The molecule has 0 saturated carbocycles. The largest absolute Gasteiger partial charge is 0.490 e. The van der Waals surface area contributed by atoms with Crippen LogP contribution in [0, 0.1) is 0 Å². The van der Waals surface area contributed by atoms with Crippen molar-refractivity contribution in [3.05, 3.63) is 46.2 Å². The van der Waals surface area contributed by atoms with E-state index in [2.05, 4.69) is 0 Å². The van der Waals surface area contributed by atoms with Crippen molar-refractivity contribution < 1.29 is 14.3 Å². The molecule has 0 atom stereocenters. The second-order valence-corrected chi connectivity index (χ2v) is 4.46. The minimum atomic E-state index is 0.504. The molecule has 2 aromatic rings. The molecule has 18 heavy (non-hydrogen) atoms. The fourth-order valence-electron chi connectivity index (χ4n) is 1.52.